The molecule has 0 aliphatic rings. The van der Waals surface area contributed by atoms with E-state index in [9.17, 15) is 9.18 Å². The molecule has 2 aromatic rings. The van der Waals surface area contributed by atoms with Crippen molar-refractivity contribution in [3.63, 3.8) is 0 Å². The number of benzene rings is 1. The van der Waals surface area contributed by atoms with E-state index in [1.165, 1.54) is 18.2 Å². The number of rotatable bonds is 4. The van der Waals surface area contributed by atoms with Gasteiger partial charge in [0.25, 0.3) is 0 Å². The van der Waals surface area contributed by atoms with E-state index in [-0.39, 0.29) is 22.4 Å². The molecule has 0 radical (unpaired) electrons. The van der Waals surface area contributed by atoms with E-state index in [1.54, 1.807) is 24.0 Å². The van der Waals surface area contributed by atoms with Crippen LogP contribution in [-0.4, -0.2) is 14.5 Å². The molecular formula is C12H10BrFN2O2. The molecule has 0 saturated carbocycles. The summed E-state index contributed by atoms with van der Waals surface area (Å²) in [5, 5.41) is 4.01. The second-order valence-electron chi connectivity index (χ2n) is 3.66. The van der Waals surface area contributed by atoms with Gasteiger partial charge in [-0.3, -0.25) is 9.48 Å². The van der Waals surface area contributed by atoms with Gasteiger partial charge in [-0.1, -0.05) is 6.07 Å². The van der Waals surface area contributed by atoms with Crippen molar-refractivity contribution in [2.24, 2.45) is 7.05 Å². The summed E-state index contributed by atoms with van der Waals surface area (Å²) >= 11 is 2.82. The summed E-state index contributed by atoms with van der Waals surface area (Å²) in [5.74, 6) is -0.0926. The Hall–Kier alpha value is -1.69. The van der Waals surface area contributed by atoms with E-state index in [1.807, 2.05) is 0 Å². The van der Waals surface area contributed by atoms with Crippen molar-refractivity contribution < 1.29 is 13.9 Å². The summed E-state index contributed by atoms with van der Waals surface area (Å²) in [6.07, 6.45) is 1.72. The van der Waals surface area contributed by atoms with Crippen LogP contribution in [0.25, 0.3) is 0 Å². The highest BCUT2D eigenvalue weighted by atomic mass is 79.9. The number of carbonyl (C=O) groups excluding carboxylic acids is 1. The highest BCUT2D eigenvalue weighted by molar-refractivity contribution is 9.18. The van der Waals surface area contributed by atoms with Gasteiger partial charge in [-0.15, -0.1) is 5.10 Å². The quantitative estimate of drug-likeness (QED) is 0.815. The van der Waals surface area contributed by atoms with Gasteiger partial charge in [-0.05, 0) is 28.1 Å². The van der Waals surface area contributed by atoms with Gasteiger partial charge >= 0.3 is 0 Å². The fraction of sp³-hybridized carbons (Fsp3) is 0.167. The normalized spacial score (nSPS) is 10.4. The van der Waals surface area contributed by atoms with Crippen LogP contribution in [0, 0.1) is 5.82 Å². The lowest BCUT2D eigenvalue weighted by Crippen LogP contribution is -2.05. The van der Waals surface area contributed by atoms with E-state index >= 15 is 0 Å². The van der Waals surface area contributed by atoms with Crippen LogP contribution in [0.4, 0.5) is 4.39 Å². The van der Waals surface area contributed by atoms with Crippen molar-refractivity contribution in [1.29, 1.82) is 0 Å². The van der Waals surface area contributed by atoms with Crippen LogP contribution < -0.4 is 4.74 Å². The second-order valence-corrected chi connectivity index (χ2v) is 4.38. The van der Waals surface area contributed by atoms with E-state index in [2.05, 4.69) is 21.0 Å². The molecule has 1 heterocycles. The first kappa shape index (κ1) is 12.8. The molecule has 0 aliphatic heterocycles. The first-order valence-electron chi connectivity index (χ1n) is 5.17. The standard InChI is InChI=1S/C12H10BrFN2O2/c1-16-6-5-11(15-16)18-7-9-8(12(13)17)3-2-4-10(9)14/h2-6H,7H2,1H3. The van der Waals surface area contributed by atoms with Gasteiger partial charge in [0, 0.05) is 30.4 Å². The van der Waals surface area contributed by atoms with E-state index in [0.717, 1.165) is 0 Å². The Morgan fingerprint density at radius 1 is 1.50 bits per heavy atom. The maximum atomic E-state index is 13.6. The number of aryl methyl sites for hydroxylation is 1. The molecule has 0 saturated heterocycles. The smallest absolute Gasteiger partial charge is 0.233 e. The van der Waals surface area contributed by atoms with E-state index in [0.29, 0.717) is 5.88 Å². The molecule has 2 rings (SSSR count). The van der Waals surface area contributed by atoms with Gasteiger partial charge in [0.1, 0.15) is 12.4 Å². The summed E-state index contributed by atoms with van der Waals surface area (Å²) in [6.45, 7) is -0.0453. The predicted octanol–water partition coefficient (Wildman–Crippen LogP) is 2.67. The minimum atomic E-state index is -0.476. The Morgan fingerprint density at radius 2 is 2.28 bits per heavy atom. The fourth-order valence-electron chi connectivity index (χ4n) is 1.51. The van der Waals surface area contributed by atoms with Crippen molar-refractivity contribution in [3.05, 3.63) is 47.4 Å². The van der Waals surface area contributed by atoms with E-state index in [4.69, 9.17) is 4.74 Å². The fourth-order valence-corrected chi connectivity index (χ4v) is 1.88. The molecular weight excluding hydrogens is 303 g/mol. The summed E-state index contributed by atoms with van der Waals surface area (Å²) < 4.78 is 20.2. The molecule has 18 heavy (non-hydrogen) atoms. The number of aromatic nitrogens is 2. The zero-order valence-corrected chi connectivity index (χ0v) is 11.1. The molecule has 1 aromatic carbocycles. The summed E-state index contributed by atoms with van der Waals surface area (Å²) in [7, 11) is 1.75. The van der Waals surface area contributed by atoms with Gasteiger partial charge in [0.15, 0.2) is 0 Å². The maximum Gasteiger partial charge on any atom is 0.233 e. The molecule has 0 N–H and O–H groups in total. The Balaban J connectivity index is 2.20. The topological polar surface area (TPSA) is 44.1 Å². The van der Waals surface area contributed by atoms with Crippen LogP contribution in [0.3, 0.4) is 0 Å². The summed E-state index contributed by atoms with van der Waals surface area (Å²) in [5.41, 5.74) is 0.468. The molecule has 0 bridgehead atoms. The molecule has 0 spiro atoms. The number of hydrogen-bond acceptors (Lipinski definition) is 3. The number of carbonyl (C=O) groups is 1. The highest BCUT2D eigenvalue weighted by Gasteiger charge is 2.14. The minimum Gasteiger partial charge on any atom is -0.472 e. The first-order chi connectivity index (χ1) is 8.58. The van der Waals surface area contributed by atoms with Gasteiger partial charge in [-0.25, -0.2) is 4.39 Å². The number of ether oxygens (including phenoxy) is 1. The van der Waals surface area contributed by atoms with Crippen molar-refractivity contribution in [3.8, 4) is 5.88 Å². The van der Waals surface area contributed by atoms with Crippen molar-refractivity contribution >= 4 is 20.6 Å². The Morgan fingerprint density at radius 3 is 2.89 bits per heavy atom. The minimum absolute atomic E-state index is 0.0453. The first-order valence-corrected chi connectivity index (χ1v) is 5.97. The molecule has 0 unspecified atom stereocenters. The molecule has 0 amide bonds. The second kappa shape index (κ2) is 5.30. The molecule has 0 atom stereocenters. The van der Waals surface area contributed by atoms with Crippen molar-refractivity contribution in [2.45, 2.75) is 6.61 Å². The molecule has 1 aromatic heterocycles. The predicted molar refractivity (Wildman–Crippen MR) is 67.2 cm³/mol. The zero-order chi connectivity index (χ0) is 13.1. The van der Waals surface area contributed by atoms with Crippen molar-refractivity contribution in [1.82, 2.24) is 9.78 Å². The van der Waals surface area contributed by atoms with Crippen LogP contribution in [0.1, 0.15) is 15.9 Å². The average molecular weight is 313 g/mol. The lowest BCUT2D eigenvalue weighted by Gasteiger charge is -2.08. The largest absolute Gasteiger partial charge is 0.472 e. The Kier molecular flexibility index (Phi) is 3.76. The van der Waals surface area contributed by atoms with Gasteiger partial charge in [0.05, 0.1) is 0 Å². The van der Waals surface area contributed by atoms with Crippen LogP contribution in [0.5, 0.6) is 5.88 Å². The zero-order valence-electron chi connectivity index (χ0n) is 9.56. The van der Waals surface area contributed by atoms with E-state index < -0.39 is 5.82 Å². The number of halogens is 2. The third-order valence-electron chi connectivity index (χ3n) is 2.38. The van der Waals surface area contributed by atoms with Crippen LogP contribution in [-0.2, 0) is 13.7 Å². The molecule has 6 heteroatoms. The van der Waals surface area contributed by atoms with Crippen LogP contribution >= 0.6 is 15.9 Å². The number of nitrogens with zero attached hydrogens (tertiary/aromatic N) is 2. The lowest BCUT2D eigenvalue weighted by atomic mass is 10.1. The van der Waals surface area contributed by atoms with Gasteiger partial charge < -0.3 is 4.74 Å². The molecule has 94 valence electrons. The molecule has 4 nitrogen and oxygen atoms in total. The van der Waals surface area contributed by atoms with Crippen LogP contribution in [0.2, 0.25) is 0 Å². The monoisotopic (exact) mass is 312 g/mol. The third-order valence-corrected chi connectivity index (χ3v) is 2.81. The number of hydrogen-bond donors (Lipinski definition) is 0. The van der Waals surface area contributed by atoms with Crippen LogP contribution in [0.15, 0.2) is 30.5 Å². The van der Waals surface area contributed by atoms with Gasteiger partial charge in [-0.2, -0.15) is 0 Å². The summed E-state index contributed by atoms with van der Waals surface area (Å²) in [4.78, 5) is 11.3. The Bertz CT molecular complexity index is 583. The Labute approximate surface area is 111 Å². The van der Waals surface area contributed by atoms with Crippen molar-refractivity contribution in [2.75, 3.05) is 0 Å². The molecule has 0 fully saturated rings. The highest BCUT2D eigenvalue weighted by Crippen LogP contribution is 2.18. The SMILES string of the molecule is Cn1ccc(OCc2c(F)cccc2C(=O)Br)n1. The average Bonchev–Trinajstić information content (AvgIpc) is 2.73. The van der Waals surface area contributed by atoms with Gasteiger partial charge in [0.2, 0.25) is 10.6 Å². The summed E-state index contributed by atoms with van der Waals surface area (Å²) in [6, 6.07) is 5.97. The third kappa shape index (κ3) is 2.76. The maximum absolute atomic E-state index is 13.6. The molecule has 0 aliphatic carbocycles. The lowest BCUT2D eigenvalue weighted by molar-refractivity contribution is 0.109.